The minimum atomic E-state index is 0.202. The van der Waals surface area contributed by atoms with E-state index in [4.69, 9.17) is 11.6 Å². The minimum absolute atomic E-state index is 0.202. The molecule has 0 unspecified atom stereocenters. The van der Waals surface area contributed by atoms with E-state index in [1.54, 1.807) is 29.3 Å². The van der Waals surface area contributed by atoms with E-state index in [1.807, 2.05) is 0 Å². The van der Waals surface area contributed by atoms with Crippen molar-refractivity contribution < 1.29 is 10.0 Å². The first-order valence-electron chi connectivity index (χ1n) is 8.11. The van der Waals surface area contributed by atoms with E-state index >= 15 is 0 Å². The topological polar surface area (TPSA) is 37.0 Å². The van der Waals surface area contributed by atoms with Gasteiger partial charge in [0.1, 0.15) is 12.3 Å². The number of phenols is 1. The summed E-state index contributed by atoms with van der Waals surface area (Å²) in [6.07, 6.45) is 4.37. The van der Waals surface area contributed by atoms with Gasteiger partial charge < -0.3 is 10.0 Å². The highest BCUT2D eigenvalue weighted by atomic mass is 35.5. The van der Waals surface area contributed by atoms with Gasteiger partial charge in [-0.05, 0) is 23.8 Å². The van der Waals surface area contributed by atoms with Gasteiger partial charge in [-0.3, -0.25) is 4.99 Å². The Kier molecular flexibility index (Phi) is 5.31. The fourth-order valence-electron chi connectivity index (χ4n) is 3.08. The summed E-state index contributed by atoms with van der Waals surface area (Å²) in [7, 11) is 0. The number of hydrogen-bond donors (Lipinski definition) is 2. The summed E-state index contributed by atoms with van der Waals surface area (Å²) in [5.41, 5.74) is 3.28. The van der Waals surface area contributed by atoms with Crippen molar-refractivity contribution in [1.29, 1.82) is 0 Å². The number of hydrogen-bond acceptors (Lipinski definition) is 2. The molecule has 1 aliphatic heterocycles. The number of rotatable bonds is 5. The number of likely N-dealkylation sites (tertiary alicyclic amines) is 1. The Bertz CT molecular complexity index is 694. The Hall–Kier alpha value is -1.84. The Morgan fingerprint density at radius 1 is 1.09 bits per heavy atom. The summed E-state index contributed by atoms with van der Waals surface area (Å²) in [4.78, 5) is 6.16. The Balaban J connectivity index is 1.70. The van der Waals surface area contributed by atoms with E-state index in [1.165, 1.54) is 37.1 Å². The molecule has 1 heterocycles. The summed E-state index contributed by atoms with van der Waals surface area (Å²) < 4.78 is 0. The highest BCUT2D eigenvalue weighted by molar-refractivity contribution is 6.30. The van der Waals surface area contributed by atoms with E-state index < -0.39 is 0 Å². The van der Waals surface area contributed by atoms with Crippen molar-refractivity contribution in [2.24, 2.45) is 4.99 Å². The van der Waals surface area contributed by atoms with Crippen molar-refractivity contribution in [1.82, 2.24) is 0 Å². The maximum Gasteiger partial charge on any atom is 0.124 e. The zero-order valence-electron chi connectivity index (χ0n) is 13.1. The molecule has 0 saturated carbocycles. The highest BCUT2D eigenvalue weighted by Crippen LogP contribution is 2.20. The van der Waals surface area contributed by atoms with Crippen LogP contribution in [0.15, 0.2) is 47.5 Å². The lowest BCUT2D eigenvalue weighted by atomic mass is 10.1. The van der Waals surface area contributed by atoms with Crippen LogP contribution in [-0.4, -0.2) is 24.4 Å². The van der Waals surface area contributed by atoms with E-state index in [2.05, 4.69) is 29.3 Å². The van der Waals surface area contributed by atoms with Gasteiger partial charge in [-0.2, -0.15) is 0 Å². The lowest BCUT2D eigenvalue weighted by Gasteiger charge is -2.14. The van der Waals surface area contributed by atoms with Crippen molar-refractivity contribution in [2.45, 2.75) is 25.9 Å². The predicted octanol–water partition coefficient (Wildman–Crippen LogP) is 2.84. The molecule has 0 bridgehead atoms. The molecule has 1 saturated heterocycles. The number of aromatic hydroxyl groups is 1. The van der Waals surface area contributed by atoms with Gasteiger partial charge in [-0.15, -0.1) is 0 Å². The van der Waals surface area contributed by atoms with Crippen molar-refractivity contribution in [3.05, 3.63) is 64.2 Å². The molecule has 0 amide bonds. The van der Waals surface area contributed by atoms with Gasteiger partial charge in [0.25, 0.3) is 0 Å². The summed E-state index contributed by atoms with van der Waals surface area (Å²) in [5, 5.41) is 10.4. The van der Waals surface area contributed by atoms with Crippen LogP contribution in [0.5, 0.6) is 5.75 Å². The second-order valence-corrected chi connectivity index (χ2v) is 6.51. The maximum absolute atomic E-state index is 9.82. The molecular formula is C19H22ClN2O+. The lowest BCUT2D eigenvalue weighted by Crippen LogP contribution is -3.08. The standard InChI is InChI=1S/C19H21ClN2O/c20-18-7-8-19(23)17(11-18)13-21-12-15-5-1-2-6-16(15)14-22-9-3-4-10-22/h1-2,5-8,11,13,23H,3-4,9-10,12,14H2/p+1. The smallest absolute Gasteiger partial charge is 0.124 e. The van der Waals surface area contributed by atoms with Crippen LogP contribution >= 0.6 is 11.6 Å². The number of quaternary nitrogens is 1. The average molecular weight is 330 g/mol. The third-order valence-electron chi connectivity index (χ3n) is 4.35. The summed E-state index contributed by atoms with van der Waals surface area (Å²) in [6, 6.07) is 13.5. The molecular weight excluding hydrogens is 308 g/mol. The van der Waals surface area contributed by atoms with Gasteiger partial charge in [0.05, 0.1) is 19.6 Å². The number of benzene rings is 2. The average Bonchev–Trinajstić information content (AvgIpc) is 3.05. The van der Waals surface area contributed by atoms with Crippen LogP contribution in [0, 0.1) is 0 Å². The zero-order valence-corrected chi connectivity index (χ0v) is 13.9. The highest BCUT2D eigenvalue weighted by Gasteiger charge is 2.16. The minimum Gasteiger partial charge on any atom is -0.507 e. The van der Waals surface area contributed by atoms with Gasteiger partial charge >= 0.3 is 0 Å². The summed E-state index contributed by atoms with van der Waals surface area (Å²) in [5.74, 6) is 0.202. The fourth-order valence-corrected chi connectivity index (χ4v) is 3.26. The van der Waals surface area contributed by atoms with Gasteiger partial charge in [-0.25, -0.2) is 0 Å². The van der Waals surface area contributed by atoms with Gasteiger partial charge in [-0.1, -0.05) is 35.9 Å². The number of nitrogens with one attached hydrogen (secondary N) is 1. The maximum atomic E-state index is 9.82. The first-order chi connectivity index (χ1) is 11.2. The molecule has 2 N–H and O–H groups in total. The largest absolute Gasteiger partial charge is 0.507 e. The Morgan fingerprint density at radius 2 is 1.83 bits per heavy atom. The Morgan fingerprint density at radius 3 is 2.61 bits per heavy atom. The van der Waals surface area contributed by atoms with E-state index in [0.717, 1.165) is 6.54 Å². The lowest BCUT2D eigenvalue weighted by molar-refractivity contribution is -0.901. The number of aliphatic imine (C=N–C) groups is 1. The van der Waals surface area contributed by atoms with Crippen LogP contribution in [0.1, 0.15) is 29.5 Å². The van der Waals surface area contributed by atoms with Gasteiger partial charge in [0.2, 0.25) is 0 Å². The molecule has 120 valence electrons. The quantitative estimate of drug-likeness (QED) is 0.813. The molecule has 1 fully saturated rings. The molecule has 0 radical (unpaired) electrons. The van der Waals surface area contributed by atoms with Crippen molar-refractivity contribution >= 4 is 17.8 Å². The fraction of sp³-hybridized carbons (Fsp3) is 0.316. The van der Waals surface area contributed by atoms with Gasteiger partial charge in [0, 0.05) is 35.2 Å². The van der Waals surface area contributed by atoms with Crippen molar-refractivity contribution in [3.63, 3.8) is 0 Å². The molecule has 0 atom stereocenters. The second-order valence-electron chi connectivity index (χ2n) is 6.08. The van der Waals surface area contributed by atoms with E-state index in [-0.39, 0.29) is 5.75 Å². The second kappa shape index (κ2) is 7.62. The van der Waals surface area contributed by atoms with Crippen LogP contribution < -0.4 is 4.90 Å². The zero-order chi connectivity index (χ0) is 16.1. The normalized spacial score (nSPS) is 15.5. The Labute approximate surface area is 142 Å². The number of phenolic OH excluding ortho intramolecular Hbond substituents is 1. The number of halogens is 1. The molecule has 0 aliphatic carbocycles. The van der Waals surface area contributed by atoms with E-state index in [9.17, 15) is 5.11 Å². The predicted molar refractivity (Wildman–Crippen MR) is 94.5 cm³/mol. The van der Waals surface area contributed by atoms with Crippen LogP contribution in [0.3, 0.4) is 0 Å². The molecule has 2 aromatic carbocycles. The van der Waals surface area contributed by atoms with Crippen molar-refractivity contribution in [3.8, 4) is 5.75 Å². The summed E-state index contributed by atoms with van der Waals surface area (Å²) in [6.45, 7) is 4.24. The van der Waals surface area contributed by atoms with Crippen LogP contribution in [0.4, 0.5) is 0 Å². The molecule has 4 heteroatoms. The first-order valence-corrected chi connectivity index (χ1v) is 8.49. The molecule has 0 spiro atoms. The molecule has 2 aromatic rings. The SMILES string of the molecule is Oc1ccc(Cl)cc1C=NCc1ccccc1C[NH+]1CCCC1. The third kappa shape index (κ3) is 4.34. The van der Waals surface area contributed by atoms with Crippen LogP contribution in [0.25, 0.3) is 0 Å². The third-order valence-corrected chi connectivity index (χ3v) is 4.59. The first kappa shape index (κ1) is 16.0. The molecule has 3 rings (SSSR count). The molecule has 0 aromatic heterocycles. The van der Waals surface area contributed by atoms with Gasteiger partial charge in [0.15, 0.2) is 0 Å². The molecule has 3 nitrogen and oxygen atoms in total. The summed E-state index contributed by atoms with van der Waals surface area (Å²) >= 11 is 5.96. The monoisotopic (exact) mass is 329 g/mol. The number of nitrogens with zero attached hydrogens (tertiary/aromatic N) is 1. The van der Waals surface area contributed by atoms with Crippen LogP contribution in [0.2, 0.25) is 5.02 Å². The van der Waals surface area contributed by atoms with E-state index in [0.29, 0.717) is 17.1 Å². The van der Waals surface area contributed by atoms with Crippen molar-refractivity contribution in [2.75, 3.05) is 13.1 Å². The molecule has 1 aliphatic rings. The molecule has 23 heavy (non-hydrogen) atoms. The van der Waals surface area contributed by atoms with Crippen LogP contribution in [-0.2, 0) is 13.1 Å².